The van der Waals surface area contributed by atoms with Gasteiger partial charge in [0.25, 0.3) is 0 Å². The Morgan fingerprint density at radius 2 is 2.19 bits per heavy atom. The molecule has 0 spiro atoms. The van der Waals surface area contributed by atoms with E-state index in [1.54, 1.807) is 0 Å². The van der Waals surface area contributed by atoms with Crippen LogP contribution >= 0.6 is 0 Å². The maximum Gasteiger partial charge on any atom is 0.225 e. The van der Waals surface area contributed by atoms with Gasteiger partial charge in [0.05, 0.1) is 6.54 Å². The number of aliphatic imine (C=N–C) groups is 1. The molecule has 1 aliphatic carbocycles. The first-order chi connectivity index (χ1) is 12.9. The van der Waals surface area contributed by atoms with Crippen LogP contribution < -0.4 is 10.6 Å². The summed E-state index contributed by atoms with van der Waals surface area (Å²) < 4.78 is 0. The van der Waals surface area contributed by atoms with E-state index in [-0.39, 0.29) is 17.9 Å². The average molecular weight is 373 g/mol. The minimum Gasteiger partial charge on any atom is -0.383 e. The number of hydrogen-bond acceptors (Lipinski definition) is 3. The van der Waals surface area contributed by atoms with Crippen molar-refractivity contribution in [1.29, 1.82) is 0 Å². The molecule has 1 amide bonds. The van der Waals surface area contributed by atoms with Gasteiger partial charge in [-0.15, -0.1) is 0 Å². The van der Waals surface area contributed by atoms with Gasteiger partial charge in [-0.25, -0.2) is 4.99 Å². The number of nitrogens with one attached hydrogen (secondary N) is 2. The Morgan fingerprint density at radius 1 is 1.41 bits per heavy atom. The molecule has 1 aromatic carbocycles. The number of hydrogen-bond donors (Lipinski definition) is 3. The molecule has 6 heteroatoms. The lowest BCUT2D eigenvalue weighted by Gasteiger charge is -2.24. The van der Waals surface area contributed by atoms with Gasteiger partial charge in [0.1, 0.15) is 5.60 Å². The predicted octanol–water partition coefficient (Wildman–Crippen LogP) is 1.63. The van der Waals surface area contributed by atoms with E-state index in [1.807, 2.05) is 43.9 Å². The first kappa shape index (κ1) is 19.7. The van der Waals surface area contributed by atoms with Crippen molar-refractivity contribution in [3.05, 3.63) is 35.4 Å². The van der Waals surface area contributed by atoms with Crippen LogP contribution in [0.4, 0.5) is 0 Å². The molecule has 3 rings (SSSR count). The molecule has 27 heavy (non-hydrogen) atoms. The number of carbonyl (C=O) groups excluding carboxylic acids is 1. The standard InChI is InChI=1S/C21H32N4O2/c1-4-22-20(24-17-10-12-25(13-17)19(26)15(2)3)23-14-21(27)11-9-16-7-5-6-8-18(16)21/h5-8,15,17,27H,4,9-14H2,1-3H3,(H2,22,23,24). The highest BCUT2D eigenvalue weighted by Gasteiger charge is 2.36. The Bertz CT molecular complexity index is 703. The fourth-order valence-electron chi connectivity index (χ4n) is 4.00. The molecule has 0 radical (unpaired) electrons. The molecule has 1 saturated heterocycles. The number of guanidine groups is 1. The van der Waals surface area contributed by atoms with Crippen LogP contribution in [0.1, 0.15) is 44.7 Å². The van der Waals surface area contributed by atoms with E-state index in [0.717, 1.165) is 31.5 Å². The van der Waals surface area contributed by atoms with E-state index < -0.39 is 5.60 Å². The first-order valence-corrected chi connectivity index (χ1v) is 10.1. The van der Waals surface area contributed by atoms with Gasteiger partial charge in [0, 0.05) is 31.6 Å². The highest BCUT2D eigenvalue weighted by molar-refractivity contribution is 5.81. The second-order valence-corrected chi connectivity index (χ2v) is 7.95. The van der Waals surface area contributed by atoms with Crippen LogP contribution in [-0.2, 0) is 16.8 Å². The molecule has 0 bridgehead atoms. The molecule has 0 aromatic heterocycles. The normalized spacial score (nSPS) is 25.0. The summed E-state index contributed by atoms with van der Waals surface area (Å²) in [6.45, 7) is 8.48. The van der Waals surface area contributed by atoms with E-state index in [4.69, 9.17) is 0 Å². The van der Waals surface area contributed by atoms with E-state index in [2.05, 4.69) is 21.7 Å². The highest BCUT2D eigenvalue weighted by Crippen LogP contribution is 2.36. The van der Waals surface area contributed by atoms with Gasteiger partial charge >= 0.3 is 0 Å². The van der Waals surface area contributed by atoms with Gasteiger partial charge < -0.3 is 20.6 Å². The fourth-order valence-corrected chi connectivity index (χ4v) is 4.00. The molecule has 1 heterocycles. The molecule has 0 saturated carbocycles. The minimum absolute atomic E-state index is 0.0299. The first-order valence-electron chi connectivity index (χ1n) is 10.1. The van der Waals surface area contributed by atoms with Crippen molar-refractivity contribution in [2.24, 2.45) is 10.9 Å². The number of benzene rings is 1. The molecular weight excluding hydrogens is 340 g/mol. The number of aliphatic hydroxyl groups is 1. The zero-order valence-electron chi connectivity index (χ0n) is 16.7. The number of likely N-dealkylation sites (tertiary alicyclic amines) is 1. The zero-order valence-corrected chi connectivity index (χ0v) is 16.7. The van der Waals surface area contributed by atoms with Crippen LogP contribution in [0.5, 0.6) is 0 Å². The van der Waals surface area contributed by atoms with Crippen LogP contribution in [0.3, 0.4) is 0 Å². The molecule has 2 aliphatic rings. The van der Waals surface area contributed by atoms with Crippen LogP contribution in [0.2, 0.25) is 0 Å². The fraction of sp³-hybridized carbons (Fsp3) is 0.619. The quantitative estimate of drug-likeness (QED) is 0.542. The Balaban J connectivity index is 1.63. The SMILES string of the molecule is CCNC(=NCC1(O)CCc2ccccc21)NC1CCN(C(=O)C(C)C)C1. The lowest BCUT2D eigenvalue weighted by molar-refractivity contribution is -0.133. The summed E-state index contributed by atoms with van der Waals surface area (Å²) in [5.41, 5.74) is 1.32. The van der Waals surface area contributed by atoms with Gasteiger partial charge in [0.2, 0.25) is 5.91 Å². The van der Waals surface area contributed by atoms with Crippen molar-refractivity contribution >= 4 is 11.9 Å². The van der Waals surface area contributed by atoms with Gasteiger partial charge in [-0.3, -0.25) is 4.79 Å². The van der Waals surface area contributed by atoms with Crippen molar-refractivity contribution in [1.82, 2.24) is 15.5 Å². The van der Waals surface area contributed by atoms with E-state index in [1.165, 1.54) is 5.56 Å². The van der Waals surface area contributed by atoms with Crippen LogP contribution in [0.15, 0.2) is 29.3 Å². The number of aryl methyl sites for hydroxylation is 1. The number of amides is 1. The predicted molar refractivity (Wildman–Crippen MR) is 108 cm³/mol. The largest absolute Gasteiger partial charge is 0.383 e. The Morgan fingerprint density at radius 3 is 2.93 bits per heavy atom. The molecule has 6 nitrogen and oxygen atoms in total. The topological polar surface area (TPSA) is 77.0 Å². The third-order valence-electron chi connectivity index (χ3n) is 5.50. The minimum atomic E-state index is -0.895. The second-order valence-electron chi connectivity index (χ2n) is 7.95. The Kier molecular flexibility index (Phi) is 6.05. The number of rotatable bonds is 5. The van der Waals surface area contributed by atoms with Crippen molar-refractivity contribution < 1.29 is 9.90 Å². The molecule has 148 valence electrons. The zero-order chi connectivity index (χ0) is 19.4. The molecule has 2 unspecified atom stereocenters. The average Bonchev–Trinajstić information content (AvgIpc) is 3.25. The summed E-state index contributed by atoms with van der Waals surface area (Å²) >= 11 is 0. The maximum atomic E-state index is 12.2. The summed E-state index contributed by atoms with van der Waals surface area (Å²) in [5.74, 6) is 0.944. The van der Waals surface area contributed by atoms with E-state index in [9.17, 15) is 9.90 Å². The van der Waals surface area contributed by atoms with Gasteiger partial charge in [-0.05, 0) is 37.3 Å². The highest BCUT2D eigenvalue weighted by atomic mass is 16.3. The third kappa shape index (κ3) is 4.43. The molecular formula is C21H32N4O2. The molecule has 1 aliphatic heterocycles. The Hall–Kier alpha value is -2.08. The summed E-state index contributed by atoms with van der Waals surface area (Å²) in [4.78, 5) is 18.8. The summed E-state index contributed by atoms with van der Waals surface area (Å²) in [6.07, 6.45) is 2.51. The molecule has 2 atom stereocenters. The Labute approximate surface area is 162 Å². The van der Waals surface area contributed by atoms with Crippen molar-refractivity contribution in [3.8, 4) is 0 Å². The summed E-state index contributed by atoms with van der Waals surface area (Å²) in [5, 5.41) is 17.8. The van der Waals surface area contributed by atoms with Crippen LogP contribution in [0.25, 0.3) is 0 Å². The number of carbonyl (C=O) groups is 1. The molecule has 1 fully saturated rings. The lowest BCUT2D eigenvalue weighted by Crippen LogP contribution is -2.46. The van der Waals surface area contributed by atoms with Gasteiger partial charge in [-0.2, -0.15) is 0 Å². The van der Waals surface area contributed by atoms with Crippen molar-refractivity contribution in [2.45, 2.75) is 51.7 Å². The van der Waals surface area contributed by atoms with Gasteiger partial charge in [-0.1, -0.05) is 38.1 Å². The monoisotopic (exact) mass is 372 g/mol. The molecule has 1 aromatic rings. The number of fused-ring (bicyclic) bond motifs is 1. The van der Waals surface area contributed by atoms with Crippen molar-refractivity contribution in [2.75, 3.05) is 26.2 Å². The van der Waals surface area contributed by atoms with Crippen molar-refractivity contribution in [3.63, 3.8) is 0 Å². The summed E-state index contributed by atoms with van der Waals surface area (Å²) in [7, 11) is 0. The van der Waals surface area contributed by atoms with Gasteiger partial charge in [0.15, 0.2) is 5.96 Å². The molecule has 3 N–H and O–H groups in total. The number of nitrogens with zero attached hydrogens (tertiary/aromatic N) is 2. The lowest BCUT2D eigenvalue weighted by atomic mass is 9.96. The maximum absolute atomic E-state index is 12.2. The van der Waals surface area contributed by atoms with Crippen LogP contribution in [-0.4, -0.2) is 54.1 Å². The third-order valence-corrected chi connectivity index (χ3v) is 5.50. The van der Waals surface area contributed by atoms with E-state index in [0.29, 0.717) is 25.5 Å². The van der Waals surface area contributed by atoms with Crippen LogP contribution in [0, 0.1) is 5.92 Å². The smallest absolute Gasteiger partial charge is 0.225 e. The van der Waals surface area contributed by atoms with E-state index >= 15 is 0 Å². The summed E-state index contributed by atoms with van der Waals surface area (Å²) in [6, 6.07) is 8.27. The second kappa shape index (κ2) is 8.30.